The smallest absolute Gasteiger partial charge is 0.237 e. The lowest BCUT2D eigenvalue weighted by Crippen LogP contribution is -2.55. The summed E-state index contributed by atoms with van der Waals surface area (Å²) in [6.45, 7) is 2.59. The van der Waals surface area contributed by atoms with Crippen molar-refractivity contribution in [2.75, 3.05) is 27.3 Å². The molecule has 120 valence electrons. The van der Waals surface area contributed by atoms with Crippen LogP contribution in [-0.4, -0.2) is 44.2 Å². The van der Waals surface area contributed by atoms with Gasteiger partial charge in [-0.3, -0.25) is 9.69 Å². The minimum Gasteiger partial charge on any atom is -0.493 e. The van der Waals surface area contributed by atoms with E-state index < -0.39 is 0 Å². The molecule has 1 atom stereocenters. The van der Waals surface area contributed by atoms with Crippen LogP contribution in [0, 0.1) is 5.92 Å². The zero-order valence-corrected chi connectivity index (χ0v) is 13.3. The quantitative estimate of drug-likeness (QED) is 0.901. The Hall–Kier alpha value is -1.75. The van der Waals surface area contributed by atoms with Crippen molar-refractivity contribution in [3.63, 3.8) is 0 Å². The summed E-state index contributed by atoms with van der Waals surface area (Å²) < 4.78 is 10.7. The van der Waals surface area contributed by atoms with E-state index in [9.17, 15) is 4.79 Å². The lowest BCUT2D eigenvalue weighted by molar-refractivity contribution is -0.130. The fourth-order valence-corrected chi connectivity index (χ4v) is 3.63. The van der Waals surface area contributed by atoms with Crippen LogP contribution in [0.5, 0.6) is 11.5 Å². The monoisotopic (exact) mass is 304 g/mol. The minimum absolute atomic E-state index is 0.0455. The third-order valence-corrected chi connectivity index (χ3v) is 4.89. The number of hydrogen-bond donors (Lipinski definition) is 1. The highest BCUT2D eigenvalue weighted by Crippen LogP contribution is 2.33. The van der Waals surface area contributed by atoms with Gasteiger partial charge in [0.05, 0.1) is 20.3 Å². The summed E-state index contributed by atoms with van der Waals surface area (Å²) in [4.78, 5) is 14.8. The molecule has 3 aliphatic rings. The second kappa shape index (κ2) is 6.57. The summed E-state index contributed by atoms with van der Waals surface area (Å²) >= 11 is 0. The zero-order valence-electron chi connectivity index (χ0n) is 13.3. The van der Waals surface area contributed by atoms with Crippen molar-refractivity contribution in [3.05, 3.63) is 23.8 Å². The van der Waals surface area contributed by atoms with Gasteiger partial charge in [-0.15, -0.1) is 0 Å². The highest BCUT2D eigenvalue weighted by atomic mass is 16.5. The standard InChI is InChI=1S/C17H24N2O3/c1-21-15-5-3-4-13(16(15)22-2)11-18-17(20)14-10-12-6-8-19(14)9-7-12/h3-5,12,14H,6-11H2,1-2H3,(H,18,20). The van der Waals surface area contributed by atoms with Crippen molar-refractivity contribution < 1.29 is 14.3 Å². The van der Waals surface area contributed by atoms with Crippen molar-refractivity contribution in [1.29, 1.82) is 0 Å². The van der Waals surface area contributed by atoms with Crippen molar-refractivity contribution >= 4 is 5.91 Å². The molecule has 1 N–H and O–H groups in total. The average molecular weight is 304 g/mol. The van der Waals surface area contributed by atoms with E-state index in [2.05, 4.69) is 10.2 Å². The Labute approximate surface area is 131 Å². The topological polar surface area (TPSA) is 50.8 Å². The first kappa shape index (κ1) is 15.2. The average Bonchev–Trinajstić information content (AvgIpc) is 2.60. The number of piperidine rings is 3. The normalized spacial score (nSPS) is 26.5. The van der Waals surface area contributed by atoms with Crippen LogP contribution in [-0.2, 0) is 11.3 Å². The van der Waals surface area contributed by atoms with E-state index in [1.54, 1.807) is 14.2 Å². The summed E-state index contributed by atoms with van der Waals surface area (Å²) in [5.41, 5.74) is 0.936. The largest absolute Gasteiger partial charge is 0.493 e. The third-order valence-electron chi connectivity index (χ3n) is 4.89. The Morgan fingerprint density at radius 3 is 2.64 bits per heavy atom. The maximum Gasteiger partial charge on any atom is 0.237 e. The van der Waals surface area contributed by atoms with E-state index >= 15 is 0 Å². The van der Waals surface area contributed by atoms with Gasteiger partial charge in [-0.05, 0) is 44.3 Å². The van der Waals surface area contributed by atoms with E-state index in [1.807, 2.05) is 18.2 Å². The molecule has 3 fully saturated rings. The van der Waals surface area contributed by atoms with E-state index in [0.717, 1.165) is 31.0 Å². The fourth-order valence-electron chi connectivity index (χ4n) is 3.63. The summed E-state index contributed by atoms with van der Waals surface area (Å²) in [7, 11) is 3.24. The van der Waals surface area contributed by atoms with Crippen LogP contribution in [0.1, 0.15) is 24.8 Å². The first-order chi connectivity index (χ1) is 10.7. The molecule has 4 rings (SSSR count). The Morgan fingerprint density at radius 1 is 1.27 bits per heavy atom. The first-order valence-corrected chi connectivity index (χ1v) is 7.94. The molecule has 1 amide bonds. The number of nitrogens with one attached hydrogen (secondary N) is 1. The minimum atomic E-state index is 0.0455. The van der Waals surface area contributed by atoms with Gasteiger partial charge in [0.2, 0.25) is 5.91 Å². The Balaban J connectivity index is 1.64. The molecule has 3 aliphatic heterocycles. The molecule has 3 heterocycles. The molecule has 5 heteroatoms. The van der Waals surface area contributed by atoms with Gasteiger partial charge in [-0.1, -0.05) is 12.1 Å². The van der Waals surface area contributed by atoms with Crippen molar-refractivity contribution in [3.8, 4) is 11.5 Å². The molecule has 2 bridgehead atoms. The molecule has 0 radical (unpaired) electrons. The highest BCUT2D eigenvalue weighted by Gasteiger charge is 2.37. The van der Waals surface area contributed by atoms with Crippen LogP contribution in [0.2, 0.25) is 0 Å². The molecule has 5 nitrogen and oxygen atoms in total. The van der Waals surface area contributed by atoms with Gasteiger partial charge >= 0.3 is 0 Å². The van der Waals surface area contributed by atoms with E-state index in [0.29, 0.717) is 18.0 Å². The molecular weight excluding hydrogens is 280 g/mol. The van der Waals surface area contributed by atoms with Crippen LogP contribution < -0.4 is 14.8 Å². The zero-order chi connectivity index (χ0) is 15.5. The van der Waals surface area contributed by atoms with E-state index in [-0.39, 0.29) is 11.9 Å². The summed E-state index contributed by atoms with van der Waals surface area (Å²) in [5.74, 6) is 2.24. The maximum absolute atomic E-state index is 12.5. The van der Waals surface area contributed by atoms with Gasteiger partial charge in [-0.2, -0.15) is 0 Å². The molecule has 22 heavy (non-hydrogen) atoms. The number of rotatable bonds is 5. The molecule has 1 aromatic rings. The number of amides is 1. The molecular formula is C17H24N2O3. The number of benzene rings is 1. The van der Waals surface area contributed by atoms with Crippen LogP contribution in [0.3, 0.4) is 0 Å². The number of carbonyl (C=O) groups is 1. The van der Waals surface area contributed by atoms with E-state index in [4.69, 9.17) is 9.47 Å². The van der Waals surface area contributed by atoms with Gasteiger partial charge < -0.3 is 14.8 Å². The van der Waals surface area contributed by atoms with Gasteiger partial charge in [0.1, 0.15) is 0 Å². The van der Waals surface area contributed by atoms with Crippen LogP contribution >= 0.6 is 0 Å². The number of fused-ring (bicyclic) bond motifs is 3. The van der Waals surface area contributed by atoms with Crippen LogP contribution in [0.4, 0.5) is 0 Å². The Kier molecular flexibility index (Phi) is 4.52. The molecule has 0 aromatic heterocycles. The second-order valence-electron chi connectivity index (χ2n) is 6.10. The summed E-state index contributed by atoms with van der Waals surface area (Å²) in [6, 6.07) is 5.77. The van der Waals surface area contributed by atoms with Crippen molar-refractivity contribution in [1.82, 2.24) is 10.2 Å². The van der Waals surface area contributed by atoms with Crippen molar-refractivity contribution in [2.45, 2.75) is 31.8 Å². The Bertz CT molecular complexity index is 539. The molecule has 1 unspecified atom stereocenters. The number of methoxy groups -OCH3 is 2. The molecule has 0 aliphatic carbocycles. The third kappa shape index (κ3) is 2.90. The van der Waals surface area contributed by atoms with Crippen LogP contribution in [0.25, 0.3) is 0 Å². The first-order valence-electron chi connectivity index (χ1n) is 7.94. The van der Waals surface area contributed by atoms with Crippen LogP contribution in [0.15, 0.2) is 18.2 Å². The predicted octanol–water partition coefficient (Wildman–Crippen LogP) is 1.80. The SMILES string of the molecule is COc1cccc(CNC(=O)C2CC3CCN2CC3)c1OC. The lowest BCUT2D eigenvalue weighted by atomic mass is 9.83. The Morgan fingerprint density at radius 2 is 2.05 bits per heavy atom. The second-order valence-corrected chi connectivity index (χ2v) is 6.10. The van der Waals surface area contributed by atoms with Crippen molar-refractivity contribution in [2.24, 2.45) is 5.92 Å². The number of hydrogen-bond acceptors (Lipinski definition) is 4. The molecule has 0 spiro atoms. The van der Waals surface area contributed by atoms with Gasteiger partial charge in [0.15, 0.2) is 11.5 Å². The van der Waals surface area contributed by atoms with Gasteiger partial charge in [0, 0.05) is 12.1 Å². The lowest BCUT2D eigenvalue weighted by Gasteiger charge is -2.44. The molecule has 0 saturated carbocycles. The number of para-hydroxylation sites is 1. The summed E-state index contributed by atoms with van der Waals surface area (Å²) in [5, 5.41) is 3.06. The van der Waals surface area contributed by atoms with Gasteiger partial charge in [0.25, 0.3) is 0 Å². The fraction of sp³-hybridized carbons (Fsp3) is 0.588. The number of carbonyl (C=O) groups excluding carboxylic acids is 1. The molecule has 3 saturated heterocycles. The van der Waals surface area contributed by atoms with E-state index in [1.165, 1.54) is 12.8 Å². The number of ether oxygens (including phenoxy) is 2. The predicted molar refractivity (Wildman–Crippen MR) is 84.1 cm³/mol. The van der Waals surface area contributed by atoms with Gasteiger partial charge in [-0.25, -0.2) is 0 Å². The highest BCUT2D eigenvalue weighted by molar-refractivity contribution is 5.82. The maximum atomic E-state index is 12.5. The number of nitrogens with zero attached hydrogens (tertiary/aromatic N) is 1. The summed E-state index contributed by atoms with van der Waals surface area (Å²) in [6.07, 6.45) is 3.49. The molecule has 1 aromatic carbocycles.